The van der Waals surface area contributed by atoms with Crippen molar-refractivity contribution in [3.8, 4) is 11.5 Å². The highest BCUT2D eigenvalue weighted by Gasteiger charge is 2.16. The number of rotatable bonds is 8. The van der Waals surface area contributed by atoms with E-state index in [2.05, 4.69) is 5.32 Å². The van der Waals surface area contributed by atoms with E-state index >= 15 is 0 Å². The molecule has 2 aromatic carbocycles. The maximum absolute atomic E-state index is 12.9. The number of carbonyl (C=O) groups is 2. The number of nitrogens with one attached hydrogen (secondary N) is 1. The normalized spacial score (nSPS) is 10.1. The van der Waals surface area contributed by atoms with Crippen LogP contribution < -0.4 is 14.8 Å². The molecule has 1 N–H and O–H groups in total. The number of benzene rings is 2. The average molecular weight is 386 g/mol. The predicted octanol–water partition coefficient (Wildman–Crippen LogP) is 3.93. The van der Waals surface area contributed by atoms with Crippen LogP contribution in [-0.2, 0) is 11.3 Å². The molecule has 0 spiro atoms. The maximum atomic E-state index is 12.9. The van der Waals surface area contributed by atoms with Gasteiger partial charge in [0.15, 0.2) is 11.5 Å². The third-order valence-electron chi connectivity index (χ3n) is 4.14. The van der Waals surface area contributed by atoms with Gasteiger partial charge in [0.05, 0.1) is 20.8 Å². The molecule has 0 bridgehead atoms. The topological polar surface area (TPSA) is 77.1 Å². The van der Waals surface area contributed by atoms with Gasteiger partial charge < -0.3 is 19.1 Å². The third kappa shape index (κ3) is 5.39. The monoisotopic (exact) mass is 386 g/mol. The molecule has 7 nitrogen and oxygen atoms in total. The van der Waals surface area contributed by atoms with Gasteiger partial charge >= 0.3 is 6.09 Å². The molecule has 28 heavy (non-hydrogen) atoms. The summed E-state index contributed by atoms with van der Waals surface area (Å²) in [5.41, 5.74) is 2.04. The van der Waals surface area contributed by atoms with Crippen molar-refractivity contribution in [3.63, 3.8) is 0 Å². The van der Waals surface area contributed by atoms with E-state index < -0.39 is 6.09 Å². The van der Waals surface area contributed by atoms with Crippen LogP contribution >= 0.6 is 0 Å². The van der Waals surface area contributed by atoms with Crippen LogP contribution in [-0.4, -0.2) is 44.3 Å². The van der Waals surface area contributed by atoms with E-state index in [1.165, 1.54) is 0 Å². The van der Waals surface area contributed by atoms with E-state index in [1.807, 2.05) is 25.1 Å². The van der Waals surface area contributed by atoms with Crippen molar-refractivity contribution in [2.45, 2.75) is 20.4 Å². The molecule has 2 amide bonds. The third-order valence-corrected chi connectivity index (χ3v) is 4.14. The van der Waals surface area contributed by atoms with Crippen LogP contribution in [0.2, 0.25) is 0 Å². The number of nitrogens with zero attached hydrogens (tertiary/aromatic N) is 1. The molecule has 2 rings (SSSR count). The fourth-order valence-electron chi connectivity index (χ4n) is 2.69. The summed E-state index contributed by atoms with van der Waals surface area (Å²) < 4.78 is 15.4. The molecule has 0 saturated heterocycles. The molecule has 0 saturated carbocycles. The standard InChI is InChI=1S/C21H26N2O5/c1-5-23(14-15-7-12-18(26-3)19(13-15)27-4)20(24)16-8-10-17(11-9-16)22-21(25)28-6-2/h7-13H,5-6,14H2,1-4H3,(H,22,25). The SMILES string of the molecule is CCOC(=O)Nc1ccc(C(=O)N(CC)Cc2ccc(OC)c(OC)c2)cc1. The van der Waals surface area contributed by atoms with Crippen LogP contribution in [0.25, 0.3) is 0 Å². The van der Waals surface area contributed by atoms with Crippen LogP contribution in [0.4, 0.5) is 10.5 Å². The van der Waals surface area contributed by atoms with E-state index in [0.717, 1.165) is 5.56 Å². The van der Waals surface area contributed by atoms with Gasteiger partial charge in [0.1, 0.15) is 0 Å². The van der Waals surface area contributed by atoms with E-state index in [1.54, 1.807) is 50.3 Å². The van der Waals surface area contributed by atoms with E-state index in [-0.39, 0.29) is 5.91 Å². The molecular weight excluding hydrogens is 360 g/mol. The maximum Gasteiger partial charge on any atom is 0.411 e. The zero-order valence-electron chi connectivity index (χ0n) is 16.7. The molecule has 2 aromatic rings. The van der Waals surface area contributed by atoms with Gasteiger partial charge in [-0.15, -0.1) is 0 Å². The quantitative estimate of drug-likeness (QED) is 0.744. The first-order chi connectivity index (χ1) is 13.5. The summed E-state index contributed by atoms with van der Waals surface area (Å²) in [5, 5.41) is 2.60. The first-order valence-corrected chi connectivity index (χ1v) is 9.06. The average Bonchev–Trinajstić information content (AvgIpc) is 2.72. The van der Waals surface area contributed by atoms with Gasteiger partial charge in [0.2, 0.25) is 0 Å². The summed E-state index contributed by atoms with van der Waals surface area (Å²) in [6, 6.07) is 12.3. The summed E-state index contributed by atoms with van der Waals surface area (Å²) in [6.45, 7) is 4.95. The minimum absolute atomic E-state index is 0.0973. The second kappa shape index (κ2) is 10.2. The Balaban J connectivity index is 2.09. The van der Waals surface area contributed by atoms with Crippen LogP contribution in [0.15, 0.2) is 42.5 Å². The largest absolute Gasteiger partial charge is 0.493 e. The van der Waals surface area contributed by atoms with Gasteiger partial charge in [-0.2, -0.15) is 0 Å². The number of anilines is 1. The molecule has 0 atom stereocenters. The lowest BCUT2D eigenvalue weighted by Crippen LogP contribution is -2.30. The van der Waals surface area contributed by atoms with Crippen molar-refractivity contribution in [1.29, 1.82) is 0 Å². The highest BCUT2D eigenvalue weighted by molar-refractivity contribution is 5.95. The van der Waals surface area contributed by atoms with Crippen molar-refractivity contribution < 1.29 is 23.8 Å². The molecule has 0 unspecified atom stereocenters. The first kappa shape index (κ1) is 21.1. The fraction of sp³-hybridized carbons (Fsp3) is 0.333. The predicted molar refractivity (Wildman–Crippen MR) is 107 cm³/mol. The van der Waals surface area contributed by atoms with E-state index in [0.29, 0.717) is 42.4 Å². The summed E-state index contributed by atoms with van der Waals surface area (Å²) in [6.07, 6.45) is -0.523. The van der Waals surface area contributed by atoms with Crippen molar-refractivity contribution in [1.82, 2.24) is 4.90 Å². The number of hydrogen-bond donors (Lipinski definition) is 1. The Morgan fingerprint density at radius 3 is 2.21 bits per heavy atom. The van der Waals surface area contributed by atoms with Gasteiger partial charge in [-0.05, 0) is 55.8 Å². The van der Waals surface area contributed by atoms with Crippen molar-refractivity contribution >= 4 is 17.7 Å². The minimum atomic E-state index is -0.523. The zero-order chi connectivity index (χ0) is 20.5. The summed E-state index contributed by atoms with van der Waals surface area (Å²) in [4.78, 5) is 26.0. The number of hydrogen-bond acceptors (Lipinski definition) is 5. The Labute approximate surface area is 165 Å². The zero-order valence-corrected chi connectivity index (χ0v) is 16.7. The van der Waals surface area contributed by atoms with Gasteiger partial charge in [0.25, 0.3) is 5.91 Å². The first-order valence-electron chi connectivity index (χ1n) is 9.06. The highest BCUT2D eigenvalue weighted by Crippen LogP contribution is 2.28. The lowest BCUT2D eigenvalue weighted by molar-refractivity contribution is 0.0752. The summed E-state index contributed by atoms with van der Waals surface area (Å²) >= 11 is 0. The minimum Gasteiger partial charge on any atom is -0.493 e. The second-order valence-electron chi connectivity index (χ2n) is 5.93. The van der Waals surface area contributed by atoms with Gasteiger partial charge in [-0.1, -0.05) is 6.07 Å². The molecule has 0 heterocycles. The second-order valence-corrected chi connectivity index (χ2v) is 5.93. The van der Waals surface area contributed by atoms with Gasteiger partial charge in [-0.25, -0.2) is 4.79 Å². The molecule has 0 aromatic heterocycles. The summed E-state index contributed by atoms with van der Waals surface area (Å²) in [7, 11) is 3.16. The summed E-state index contributed by atoms with van der Waals surface area (Å²) in [5.74, 6) is 1.17. The Kier molecular flexibility index (Phi) is 7.68. The molecule has 0 fully saturated rings. The number of methoxy groups -OCH3 is 2. The lowest BCUT2D eigenvalue weighted by atomic mass is 10.1. The van der Waals surface area contributed by atoms with Crippen molar-refractivity contribution in [2.24, 2.45) is 0 Å². The van der Waals surface area contributed by atoms with Crippen molar-refractivity contribution in [3.05, 3.63) is 53.6 Å². The molecular formula is C21H26N2O5. The lowest BCUT2D eigenvalue weighted by Gasteiger charge is -2.22. The van der Waals surface area contributed by atoms with Crippen LogP contribution in [0.3, 0.4) is 0 Å². The van der Waals surface area contributed by atoms with Crippen LogP contribution in [0, 0.1) is 0 Å². The Bertz CT molecular complexity index is 805. The molecule has 0 aliphatic carbocycles. The van der Waals surface area contributed by atoms with Crippen molar-refractivity contribution in [2.75, 3.05) is 32.7 Å². The Morgan fingerprint density at radius 1 is 0.964 bits per heavy atom. The molecule has 150 valence electrons. The molecule has 0 aliphatic heterocycles. The van der Waals surface area contributed by atoms with E-state index in [9.17, 15) is 9.59 Å². The molecule has 0 aliphatic rings. The Hall–Kier alpha value is -3.22. The van der Waals surface area contributed by atoms with Crippen LogP contribution in [0.1, 0.15) is 29.8 Å². The number of ether oxygens (including phenoxy) is 3. The fourth-order valence-corrected chi connectivity index (χ4v) is 2.69. The highest BCUT2D eigenvalue weighted by atomic mass is 16.5. The Morgan fingerprint density at radius 2 is 1.64 bits per heavy atom. The van der Waals surface area contributed by atoms with Gasteiger partial charge in [0, 0.05) is 24.3 Å². The number of amides is 2. The molecule has 0 radical (unpaired) electrons. The molecule has 7 heteroatoms. The number of carbonyl (C=O) groups excluding carboxylic acids is 2. The van der Waals surface area contributed by atoms with E-state index in [4.69, 9.17) is 14.2 Å². The van der Waals surface area contributed by atoms with Crippen LogP contribution in [0.5, 0.6) is 11.5 Å². The van der Waals surface area contributed by atoms with Gasteiger partial charge in [-0.3, -0.25) is 10.1 Å². The smallest absolute Gasteiger partial charge is 0.411 e.